The monoisotopic (exact) mass is 328 g/mol. The Morgan fingerprint density at radius 3 is 1.00 bits per heavy atom. The fourth-order valence-electron chi connectivity index (χ4n) is 0. The number of carbonyl (C=O) groups excluding carboxylic acids is 2. The molecule has 0 bridgehead atoms. The van der Waals surface area contributed by atoms with E-state index in [2.05, 4.69) is 0 Å². The average molecular weight is 327 g/mol. The summed E-state index contributed by atoms with van der Waals surface area (Å²) in [5.41, 5.74) is 0. The number of hydrogen-bond acceptors (Lipinski definition) is 4. The first kappa shape index (κ1) is 15.9. The molecule has 9 heavy (non-hydrogen) atoms. The van der Waals surface area contributed by atoms with E-state index in [1.807, 2.05) is 0 Å². The van der Waals surface area contributed by atoms with E-state index in [0.29, 0.717) is 0 Å². The van der Waals surface area contributed by atoms with E-state index in [0.717, 1.165) is 13.8 Å². The van der Waals surface area contributed by atoms with Gasteiger partial charge in [-0.3, -0.25) is 0 Å². The standard InChI is InChI=1S/2C2H4O2.Pb.2H/c2*1-2(3)4;;;/h2*1H3,(H,3,4);;;/q;;+2;;/p-2. The maximum atomic E-state index is 8.89. The van der Waals surface area contributed by atoms with Crippen LogP contribution in [0.1, 0.15) is 13.8 Å². The summed E-state index contributed by atoms with van der Waals surface area (Å²) in [4.78, 5) is 17.8. The van der Waals surface area contributed by atoms with Gasteiger partial charge in [-0.25, -0.2) is 0 Å². The first-order valence-corrected chi connectivity index (χ1v) is 1.82. The van der Waals surface area contributed by atoms with E-state index in [-0.39, 0.29) is 27.3 Å². The van der Waals surface area contributed by atoms with E-state index in [9.17, 15) is 0 Å². The van der Waals surface area contributed by atoms with Gasteiger partial charge in [0.2, 0.25) is 0 Å². The van der Waals surface area contributed by atoms with Crippen LogP contribution in [-0.2, 0) is 9.59 Å². The quantitative estimate of drug-likeness (QED) is 0.434. The van der Waals surface area contributed by atoms with Gasteiger partial charge in [0.1, 0.15) is 0 Å². The van der Waals surface area contributed by atoms with Crippen molar-refractivity contribution in [2.45, 2.75) is 13.8 Å². The zero-order valence-electron chi connectivity index (χ0n) is 5.34. The predicted octanol–water partition coefficient (Wildman–Crippen LogP) is -3.40. The second-order valence-corrected chi connectivity index (χ2v) is 0.983. The molecule has 0 aliphatic carbocycles. The molecule has 0 fully saturated rings. The molecule has 0 atom stereocenters. The third kappa shape index (κ3) is 14200. The molecule has 0 aliphatic heterocycles. The first-order chi connectivity index (χ1) is 3.46. The van der Waals surface area contributed by atoms with Crippen LogP contribution in [0.4, 0.5) is 0 Å². The first-order valence-electron chi connectivity index (χ1n) is 1.82. The summed E-state index contributed by atoms with van der Waals surface area (Å²) < 4.78 is 0. The van der Waals surface area contributed by atoms with E-state index >= 15 is 0 Å². The Kier molecular flexibility index (Phi) is 19.1. The Bertz CT molecular complexity index is 70.6. The van der Waals surface area contributed by atoms with Gasteiger partial charge in [-0.05, 0) is 13.8 Å². The Morgan fingerprint density at radius 1 is 1.00 bits per heavy atom. The fourth-order valence-corrected chi connectivity index (χ4v) is 0. The molecule has 4 nitrogen and oxygen atoms in total. The molecule has 0 aromatic rings. The van der Waals surface area contributed by atoms with Crippen LogP contribution >= 0.6 is 0 Å². The van der Waals surface area contributed by atoms with E-state index in [1.54, 1.807) is 0 Å². The van der Waals surface area contributed by atoms with Crippen molar-refractivity contribution < 1.29 is 19.8 Å². The van der Waals surface area contributed by atoms with Crippen molar-refractivity contribution in [2.24, 2.45) is 0 Å². The third-order valence-corrected chi connectivity index (χ3v) is 0. The van der Waals surface area contributed by atoms with E-state index < -0.39 is 11.9 Å². The molecule has 0 aromatic heterocycles. The second-order valence-electron chi connectivity index (χ2n) is 0.983. The Balaban J connectivity index is -0.0000000720. The Hall–Kier alpha value is -0.138. The number of aliphatic carboxylic acids is 2. The minimum absolute atomic E-state index is 0. The molecule has 0 saturated carbocycles. The van der Waals surface area contributed by atoms with Crippen LogP contribution in [0.2, 0.25) is 0 Å². The number of rotatable bonds is 0. The molecule has 0 radical (unpaired) electrons. The number of hydrogen-bond donors (Lipinski definition) is 0. The van der Waals surface area contributed by atoms with E-state index in [1.165, 1.54) is 0 Å². The molecule has 52 valence electrons. The maximum absolute atomic E-state index is 8.89. The predicted molar refractivity (Wildman–Crippen MR) is 29.9 cm³/mol. The fraction of sp³-hybridized carbons (Fsp3) is 0.500. The van der Waals surface area contributed by atoms with Crippen LogP contribution < -0.4 is 10.2 Å². The molecular weight excluding hydrogens is 319 g/mol. The van der Waals surface area contributed by atoms with Crippen molar-refractivity contribution >= 4 is 39.2 Å². The van der Waals surface area contributed by atoms with Crippen molar-refractivity contribution in [2.75, 3.05) is 0 Å². The van der Waals surface area contributed by atoms with Gasteiger partial charge in [0, 0.05) is 11.9 Å². The number of carbonyl (C=O) groups is 2. The summed E-state index contributed by atoms with van der Waals surface area (Å²) >= 11 is 0. The average Bonchev–Trinajstić information content (AvgIpc) is 1.25. The molecule has 0 spiro atoms. The van der Waals surface area contributed by atoms with Gasteiger partial charge in [0.25, 0.3) is 0 Å². The van der Waals surface area contributed by atoms with Crippen LogP contribution in [0, 0.1) is 0 Å². The number of carboxylic acids is 2. The molecule has 0 heterocycles. The van der Waals surface area contributed by atoms with E-state index in [4.69, 9.17) is 19.8 Å². The van der Waals surface area contributed by atoms with Crippen molar-refractivity contribution in [3.63, 3.8) is 0 Å². The molecule has 0 amide bonds. The van der Waals surface area contributed by atoms with Crippen LogP contribution in [0.15, 0.2) is 0 Å². The van der Waals surface area contributed by atoms with Crippen molar-refractivity contribution in [3.05, 3.63) is 0 Å². The Morgan fingerprint density at radius 2 is 1.00 bits per heavy atom. The van der Waals surface area contributed by atoms with Gasteiger partial charge >= 0.3 is 27.3 Å². The normalized spacial score (nSPS) is 5.56. The van der Waals surface area contributed by atoms with Crippen molar-refractivity contribution in [3.8, 4) is 0 Å². The summed E-state index contributed by atoms with van der Waals surface area (Å²) in [5.74, 6) is -2.17. The zero-order valence-corrected chi connectivity index (χ0v) is 10.8. The van der Waals surface area contributed by atoms with Crippen LogP contribution in [0.3, 0.4) is 0 Å². The van der Waals surface area contributed by atoms with Crippen LogP contribution in [0.5, 0.6) is 0 Å². The molecule has 0 rings (SSSR count). The second kappa shape index (κ2) is 10.8. The topological polar surface area (TPSA) is 80.3 Å². The van der Waals surface area contributed by atoms with Gasteiger partial charge in [-0.2, -0.15) is 0 Å². The third-order valence-electron chi connectivity index (χ3n) is 0. The summed E-state index contributed by atoms with van der Waals surface area (Å²) in [5, 5.41) is 17.8. The Labute approximate surface area is 73.0 Å². The minimum atomic E-state index is -1.08. The van der Waals surface area contributed by atoms with Crippen molar-refractivity contribution in [1.82, 2.24) is 0 Å². The zero-order chi connectivity index (χ0) is 7.15. The SMILES string of the molecule is CC(=O)[O-].CC(=O)[O-].[PbH2+2]. The van der Waals surface area contributed by atoms with Crippen LogP contribution in [-0.4, -0.2) is 39.2 Å². The summed E-state index contributed by atoms with van der Waals surface area (Å²) in [6.07, 6.45) is 0. The molecule has 0 aromatic carbocycles. The summed E-state index contributed by atoms with van der Waals surface area (Å²) in [7, 11) is 0. The number of carboxylic acid groups (broad SMARTS) is 2. The molecule has 0 unspecified atom stereocenters. The molecule has 5 heteroatoms. The summed E-state index contributed by atoms with van der Waals surface area (Å²) in [6, 6.07) is 0. The van der Waals surface area contributed by atoms with Crippen LogP contribution in [0.25, 0.3) is 0 Å². The summed E-state index contributed by atoms with van der Waals surface area (Å²) in [6.45, 7) is 1.94. The van der Waals surface area contributed by atoms with Crippen molar-refractivity contribution in [1.29, 1.82) is 0 Å². The molecule has 0 saturated heterocycles. The molecular formula is C4H8O4Pb. The van der Waals surface area contributed by atoms with Gasteiger partial charge < -0.3 is 19.8 Å². The van der Waals surface area contributed by atoms with Gasteiger partial charge in [0.05, 0.1) is 0 Å². The molecule has 0 N–H and O–H groups in total. The van der Waals surface area contributed by atoms with Gasteiger partial charge in [0.15, 0.2) is 0 Å². The molecule has 0 aliphatic rings. The van der Waals surface area contributed by atoms with Gasteiger partial charge in [-0.15, -0.1) is 0 Å². The van der Waals surface area contributed by atoms with Gasteiger partial charge in [-0.1, -0.05) is 0 Å².